The molecule has 0 unspecified atom stereocenters. The molecule has 120 valence electrons. The number of methoxy groups -OCH3 is 1. The first-order valence-corrected chi connectivity index (χ1v) is 7.44. The lowest BCUT2D eigenvalue weighted by atomic mass is 10.1. The highest BCUT2D eigenvalue weighted by Gasteiger charge is 2.15. The first-order chi connectivity index (χ1) is 11.1. The van der Waals surface area contributed by atoms with Gasteiger partial charge in [0, 0.05) is 6.54 Å². The number of anilines is 1. The van der Waals surface area contributed by atoms with E-state index < -0.39 is 11.8 Å². The number of hydrogen-bond acceptors (Lipinski definition) is 3. The molecule has 2 aromatic rings. The van der Waals surface area contributed by atoms with Crippen molar-refractivity contribution < 1.29 is 14.3 Å². The van der Waals surface area contributed by atoms with Crippen LogP contribution in [-0.4, -0.2) is 18.9 Å². The molecule has 2 amide bonds. The third-order valence-electron chi connectivity index (χ3n) is 3.45. The molecule has 0 aliphatic carbocycles. The summed E-state index contributed by atoms with van der Waals surface area (Å²) in [5, 5.41) is 5.14. The number of hydrogen-bond donors (Lipinski definition) is 2. The van der Waals surface area contributed by atoms with Crippen LogP contribution >= 0.6 is 0 Å². The Morgan fingerprint density at radius 3 is 2.26 bits per heavy atom. The van der Waals surface area contributed by atoms with Crippen LogP contribution in [0.5, 0.6) is 5.75 Å². The van der Waals surface area contributed by atoms with Gasteiger partial charge in [0.15, 0.2) is 0 Å². The molecule has 0 saturated heterocycles. The van der Waals surface area contributed by atoms with Gasteiger partial charge in [-0.3, -0.25) is 9.59 Å². The van der Waals surface area contributed by atoms with E-state index in [1.54, 1.807) is 24.3 Å². The Kier molecular flexibility index (Phi) is 5.74. The molecule has 2 aromatic carbocycles. The molecule has 0 fully saturated rings. The zero-order chi connectivity index (χ0) is 16.7. The average molecular weight is 312 g/mol. The van der Waals surface area contributed by atoms with Crippen LogP contribution < -0.4 is 15.4 Å². The standard InChI is InChI=1S/C18H20N2O3/c1-3-13-8-10-14(11-9-13)12-19-17(21)18(22)20-15-6-4-5-7-16(15)23-2/h4-11H,3,12H2,1-2H3,(H,19,21)(H,20,22). The second kappa shape index (κ2) is 7.98. The maximum Gasteiger partial charge on any atom is 0.313 e. The van der Waals surface area contributed by atoms with Gasteiger partial charge in [0.1, 0.15) is 5.75 Å². The molecule has 0 bridgehead atoms. The summed E-state index contributed by atoms with van der Waals surface area (Å²) in [6.07, 6.45) is 0.966. The number of benzene rings is 2. The fraction of sp³-hybridized carbons (Fsp3) is 0.222. The van der Waals surface area contributed by atoms with Crippen molar-refractivity contribution in [1.82, 2.24) is 5.32 Å². The monoisotopic (exact) mass is 312 g/mol. The molecule has 5 nitrogen and oxygen atoms in total. The van der Waals surface area contributed by atoms with Crippen LogP contribution in [0, 0.1) is 0 Å². The first-order valence-electron chi connectivity index (χ1n) is 7.44. The fourth-order valence-corrected chi connectivity index (χ4v) is 2.08. The van der Waals surface area contributed by atoms with E-state index in [1.807, 2.05) is 24.3 Å². The van der Waals surface area contributed by atoms with Crippen LogP contribution in [0.15, 0.2) is 48.5 Å². The Morgan fingerprint density at radius 2 is 1.61 bits per heavy atom. The van der Waals surface area contributed by atoms with Crippen LogP contribution in [0.1, 0.15) is 18.1 Å². The lowest BCUT2D eigenvalue weighted by Gasteiger charge is -2.10. The quantitative estimate of drug-likeness (QED) is 0.834. The van der Waals surface area contributed by atoms with E-state index in [-0.39, 0.29) is 0 Å². The predicted octanol–water partition coefficient (Wildman–Crippen LogP) is 2.51. The van der Waals surface area contributed by atoms with Crippen LogP contribution in [0.3, 0.4) is 0 Å². The van der Waals surface area contributed by atoms with Gasteiger partial charge in [0.05, 0.1) is 12.8 Å². The van der Waals surface area contributed by atoms with E-state index in [0.717, 1.165) is 12.0 Å². The van der Waals surface area contributed by atoms with Gasteiger partial charge >= 0.3 is 11.8 Å². The number of nitrogens with one attached hydrogen (secondary N) is 2. The lowest BCUT2D eigenvalue weighted by molar-refractivity contribution is -0.136. The Hall–Kier alpha value is -2.82. The summed E-state index contributed by atoms with van der Waals surface area (Å²) in [5.74, 6) is -0.904. The molecule has 2 rings (SSSR count). The topological polar surface area (TPSA) is 67.4 Å². The second-order valence-electron chi connectivity index (χ2n) is 5.01. The first kappa shape index (κ1) is 16.5. The molecule has 0 atom stereocenters. The molecule has 0 aliphatic rings. The minimum Gasteiger partial charge on any atom is -0.495 e. The summed E-state index contributed by atoms with van der Waals surface area (Å²) in [7, 11) is 1.50. The van der Waals surface area contributed by atoms with E-state index in [9.17, 15) is 9.59 Å². The highest BCUT2D eigenvalue weighted by Crippen LogP contribution is 2.22. The molecule has 0 saturated carbocycles. The van der Waals surface area contributed by atoms with E-state index >= 15 is 0 Å². The molecule has 0 radical (unpaired) electrons. The highest BCUT2D eigenvalue weighted by atomic mass is 16.5. The number of rotatable bonds is 5. The molecular weight excluding hydrogens is 292 g/mol. The van der Waals surface area contributed by atoms with E-state index in [1.165, 1.54) is 12.7 Å². The zero-order valence-corrected chi connectivity index (χ0v) is 13.3. The van der Waals surface area contributed by atoms with Gasteiger partial charge in [-0.05, 0) is 29.7 Å². The van der Waals surface area contributed by atoms with Gasteiger partial charge in [-0.2, -0.15) is 0 Å². The largest absolute Gasteiger partial charge is 0.495 e. The number of carbonyl (C=O) groups is 2. The normalized spacial score (nSPS) is 10.0. The van der Waals surface area contributed by atoms with Gasteiger partial charge in [0.25, 0.3) is 0 Å². The van der Waals surface area contributed by atoms with E-state index in [4.69, 9.17) is 4.74 Å². The van der Waals surface area contributed by atoms with Crippen molar-refractivity contribution >= 4 is 17.5 Å². The van der Waals surface area contributed by atoms with Crippen LogP contribution in [0.2, 0.25) is 0 Å². The molecule has 5 heteroatoms. The van der Waals surface area contributed by atoms with Crippen LogP contribution in [-0.2, 0) is 22.6 Å². The Labute approximate surface area is 135 Å². The number of amides is 2. The summed E-state index contributed by atoms with van der Waals surface area (Å²) < 4.78 is 5.13. The summed E-state index contributed by atoms with van der Waals surface area (Å²) >= 11 is 0. The number of aryl methyl sites for hydroxylation is 1. The summed E-state index contributed by atoms with van der Waals surface area (Å²) in [6.45, 7) is 2.39. The minimum atomic E-state index is -0.723. The Morgan fingerprint density at radius 1 is 0.957 bits per heavy atom. The smallest absolute Gasteiger partial charge is 0.313 e. The summed E-state index contributed by atoms with van der Waals surface area (Å²) in [6, 6.07) is 14.8. The molecular formula is C18H20N2O3. The second-order valence-corrected chi connectivity index (χ2v) is 5.01. The molecule has 0 spiro atoms. The van der Waals surface area contributed by atoms with Crippen molar-refractivity contribution in [3.63, 3.8) is 0 Å². The molecule has 2 N–H and O–H groups in total. The fourth-order valence-electron chi connectivity index (χ4n) is 2.08. The maximum atomic E-state index is 11.9. The van der Waals surface area contributed by atoms with E-state index in [0.29, 0.717) is 18.0 Å². The van der Waals surface area contributed by atoms with E-state index in [2.05, 4.69) is 17.6 Å². The number of ether oxygens (including phenoxy) is 1. The van der Waals surface area contributed by atoms with Gasteiger partial charge in [0.2, 0.25) is 0 Å². The van der Waals surface area contributed by atoms with Gasteiger partial charge in [-0.1, -0.05) is 43.3 Å². The van der Waals surface area contributed by atoms with Crippen molar-refractivity contribution in [1.29, 1.82) is 0 Å². The zero-order valence-electron chi connectivity index (χ0n) is 13.3. The van der Waals surface area contributed by atoms with Crippen LogP contribution in [0.4, 0.5) is 5.69 Å². The van der Waals surface area contributed by atoms with Crippen molar-refractivity contribution in [3.05, 3.63) is 59.7 Å². The average Bonchev–Trinajstić information content (AvgIpc) is 2.60. The van der Waals surface area contributed by atoms with Gasteiger partial charge in [-0.25, -0.2) is 0 Å². The molecule has 0 heterocycles. The summed E-state index contributed by atoms with van der Waals surface area (Å²) in [5.41, 5.74) is 2.64. The van der Waals surface area contributed by atoms with Gasteiger partial charge < -0.3 is 15.4 Å². The SMILES string of the molecule is CCc1ccc(CNC(=O)C(=O)Nc2ccccc2OC)cc1. The summed E-state index contributed by atoms with van der Waals surface area (Å²) in [4.78, 5) is 23.8. The van der Waals surface area contributed by atoms with Crippen molar-refractivity contribution in [2.45, 2.75) is 19.9 Å². The lowest BCUT2D eigenvalue weighted by Crippen LogP contribution is -2.35. The third kappa shape index (κ3) is 4.57. The van der Waals surface area contributed by atoms with Crippen molar-refractivity contribution in [3.8, 4) is 5.75 Å². The Balaban J connectivity index is 1.90. The highest BCUT2D eigenvalue weighted by molar-refractivity contribution is 6.39. The number of para-hydroxylation sites is 2. The van der Waals surface area contributed by atoms with Crippen LogP contribution in [0.25, 0.3) is 0 Å². The Bertz CT molecular complexity index is 681. The molecule has 0 aromatic heterocycles. The maximum absolute atomic E-state index is 11.9. The number of carbonyl (C=O) groups excluding carboxylic acids is 2. The van der Waals surface area contributed by atoms with Gasteiger partial charge in [-0.15, -0.1) is 0 Å². The predicted molar refractivity (Wildman–Crippen MR) is 89.3 cm³/mol. The molecule has 23 heavy (non-hydrogen) atoms. The third-order valence-corrected chi connectivity index (χ3v) is 3.45. The van der Waals surface area contributed by atoms with Crippen molar-refractivity contribution in [2.75, 3.05) is 12.4 Å². The van der Waals surface area contributed by atoms with Crippen molar-refractivity contribution in [2.24, 2.45) is 0 Å². The minimum absolute atomic E-state index is 0.308. The molecule has 0 aliphatic heterocycles.